The first kappa shape index (κ1) is 15.9. The maximum absolute atomic E-state index is 13.7. The van der Waals surface area contributed by atoms with Gasteiger partial charge in [0.1, 0.15) is 4.90 Å². The molecule has 112 valence electrons. The van der Waals surface area contributed by atoms with E-state index in [1.54, 1.807) is 0 Å². The zero-order valence-corrected chi connectivity index (χ0v) is 13.2. The quantitative estimate of drug-likeness (QED) is 0.614. The Bertz CT molecular complexity index is 817. The molecule has 0 saturated heterocycles. The summed E-state index contributed by atoms with van der Waals surface area (Å²) in [5.41, 5.74) is 5.01. The molecule has 0 spiro atoms. The van der Waals surface area contributed by atoms with Crippen LogP contribution < -0.4 is 10.5 Å². The number of halogens is 4. The standard InChI is InChI=1S/C11H7BrClF2N3O2S/c12-5-1-8(11(13)17-4-5)18-21(19,20)9-3-6(16)2-7(14)10(9)15/h1-4,18H,16H2. The van der Waals surface area contributed by atoms with E-state index in [1.165, 1.54) is 12.3 Å². The number of rotatable bonds is 3. The second-order valence-corrected chi connectivity index (χ2v) is 6.84. The van der Waals surface area contributed by atoms with Crippen LogP contribution in [-0.2, 0) is 10.0 Å². The number of nitrogens with zero attached hydrogens (tertiary/aromatic N) is 1. The Morgan fingerprint density at radius 2 is 1.95 bits per heavy atom. The molecule has 21 heavy (non-hydrogen) atoms. The Labute approximate surface area is 132 Å². The third-order valence-corrected chi connectivity index (χ3v) is 4.46. The molecule has 0 atom stereocenters. The summed E-state index contributed by atoms with van der Waals surface area (Å²) in [7, 11) is -4.42. The fourth-order valence-corrected chi connectivity index (χ4v) is 3.19. The van der Waals surface area contributed by atoms with Crippen molar-refractivity contribution in [1.29, 1.82) is 0 Å². The minimum absolute atomic E-state index is 0.0896. The first-order chi connectivity index (χ1) is 9.70. The molecule has 0 bridgehead atoms. The average Bonchev–Trinajstić information content (AvgIpc) is 2.37. The number of nitrogens with two attached hydrogens (primary N) is 1. The van der Waals surface area contributed by atoms with Crippen molar-refractivity contribution in [2.75, 3.05) is 10.5 Å². The molecule has 3 N–H and O–H groups in total. The summed E-state index contributed by atoms with van der Waals surface area (Å²) in [5, 5.41) is -0.147. The highest BCUT2D eigenvalue weighted by atomic mass is 79.9. The number of sulfonamides is 1. The lowest BCUT2D eigenvalue weighted by Gasteiger charge is -2.11. The summed E-state index contributed by atoms with van der Waals surface area (Å²) in [6.45, 7) is 0. The molecule has 1 heterocycles. The third-order valence-electron chi connectivity index (χ3n) is 2.36. The predicted molar refractivity (Wildman–Crippen MR) is 78.5 cm³/mol. The number of benzene rings is 1. The first-order valence-corrected chi connectivity index (χ1v) is 7.94. The lowest BCUT2D eigenvalue weighted by molar-refractivity contribution is 0.486. The molecular formula is C11H7BrClF2N3O2S. The molecule has 0 amide bonds. The molecule has 2 aromatic rings. The molecule has 0 fully saturated rings. The highest BCUT2D eigenvalue weighted by Crippen LogP contribution is 2.28. The van der Waals surface area contributed by atoms with Crippen LogP contribution in [0.4, 0.5) is 20.2 Å². The molecule has 10 heteroatoms. The van der Waals surface area contributed by atoms with Gasteiger partial charge in [0.25, 0.3) is 10.0 Å². The van der Waals surface area contributed by atoms with Crippen LogP contribution in [0.1, 0.15) is 0 Å². The Morgan fingerprint density at radius 1 is 1.29 bits per heavy atom. The van der Waals surface area contributed by atoms with E-state index in [1.807, 2.05) is 4.72 Å². The van der Waals surface area contributed by atoms with Crippen molar-refractivity contribution in [3.05, 3.63) is 45.7 Å². The largest absolute Gasteiger partial charge is 0.399 e. The summed E-state index contributed by atoms with van der Waals surface area (Å²) in [5.74, 6) is -2.90. The fraction of sp³-hybridized carbons (Fsp3) is 0. The predicted octanol–water partition coefficient (Wildman–Crippen LogP) is 3.16. The smallest absolute Gasteiger partial charge is 0.265 e. The summed E-state index contributed by atoms with van der Waals surface area (Å²) >= 11 is 8.83. The van der Waals surface area contributed by atoms with Crippen LogP contribution in [0.2, 0.25) is 5.15 Å². The van der Waals surface area contributed by atoms with Crippen molar-refractivity contribution in [2.45, 2.75) is 4.90 Å². The van der Waals surface area contributed by atoms with E-state index < -0.39 is 26.6 Å². The minimum atomic E-state index is -4.42. The fourth-order valence-electron chi connectivity index (χ4n) is 1.47. The molecule has 1 aromatic heterocycles. The highest BCUT2D eigenvalue weighted by molar-refractivity contribution is 9.10. The van der Waals surface area contributed by atoms with Gasteiger partial charge in [0.2, 0.25) is 0 Å². The van der Waals surface area contributed by atoms with Gasteiger partial charge in [-0.05, 0) is 34.1 Å². The number of anilines is 2. The molecule has 1 aromatic carbocycles. The van der Waals surface area contributed by atoms with Crippen LogP contribution in [-0.4, -0.2) is 13.4 Å². The lowest BCUT2D eigenvalue weighted by atomic mass is 10.3. The second-order valence-electron chi connectivity index (χ2n) is 3.91. The van der Waals surface area contributed by atoms with Crippen molar-refractivity contribution in [3.8, 4) is 0 Å². The van der Waals surface area contributed by atoms with Crippen LogP contribution in [0.15, 0.2) is 33.8 Å². The van der Waals surface area contributed by atoms with Crippen LogP contribution in [0, 0.1) is 11.6 Å². The maximum Gasteiger partial charge on any atom is 0.265 e. The van der Waals surface area contributed by atoms with Gasteiger partial charge < -0.3 is 5.73 Å². The molecule has 2 rings (SSSR count). The Hall–Kier alpha value is -1.45. The van der Waals surface area contributed by atoms with Gasteiger partial charge >= 0.3 is 0 Å². The molecular weight excluding hydrogens is 392 g/mol. The van der Waals surface area contributed by atoms with Gasteiger partial charge in [-0.25, -0.2) is 22.2 Å². The zero-order chi connectivity index (χ0) is 15.8. The molecule has 0 aliphatic carbocycles. The summed E-state index contributed by atoms with van der Waals surface area (Å²) < 4.78 is 53.6. The van der Waals surface area contributed by atoms with E-state index >= 15 is 0 Å². The van der Waals surface area contributed by atoms with Gasteiger partial charge in [-0.15, -0.1) is 0 Å². The summed E-state index contributed by atoms with van der Waals surface area (Å²) in [6, 6.07) is 2.81. The van der Waals surface area contributed by atoms with Gasteiger partial charge in [-0.2, -0.15) is 0 Å². The van der Waals surface area contributed by atoms with Crippen LogP contribution in [0.5, 0.6) is 0 Å². The SMILES string of the molecule is Nc1cc(F)c(F)c(S(=O)(=O)Nc2cc(Br)cnc2Cl)c1. The number of pyridine rings is 1. The summed E-state index contributed by atoms with van der Waals surface area (Å²) in [6.07, 6.45) is 1.35. The van der Waals surface area contributed by atoms with Crippen molar-refractivity contribution in [1.82, 2.24) is 4.98 Å². The number of hydrogen-bond donors (Lipinski definition) is 2. The Kier molecular flexibility index (Phi) is 4.35. The highest BCUT2D eigenvalue weighted by Gasteiger charge is 2.24. The van der Waals surface area contributed by atoms with Crippen LogP contribution >= 0.6 is 27.5 Å². The van der Waals surface area contributed by atoms with Gasteiger partial charge in [-0.3, -0.25) is 4.72 Å². The number of aromatic nitrogens is 1. The van der Waals surface area contributed by atoms with Crippen LogP contribution in [0.3, 0.4) is 0 Å². The van der Waals surface area contributed by atoms with Gasteiger partial charge in [-0.1, -0.05) is 11.6 Å². The van der Waals surface area contributed by atoms with Crippen molar-refractivity contribution >= 4 is 48.9 Å². The number of nitrogens with one attached hydrogen (secondary N) is 1. The van der Waals surface area contributed by atoms with E-state index in [9.17, 15) is 17.2 Å². The van der Waals surface area contributed by atoms with E-state index in [-0.39, 0.29) is 16.5 Å². The minimum Gasteiger partial charge on any atom is -0.399 e. The molecule has 0 saturated carbocycles. The van der Waals surface area contributed by atoms with Crippen LogP contribution in [0.25, 0.3) is 0 Å². The third kappa shape index (κ3) is 3.42. The Morgan fingerprint density at radius 3 is 2.62 bits per heavy atom. The van der Waals surface area contributed by atoms with Crippen molar-refractivity contribution in [3.63, 3.8) is 0 Å². The molecule has 0 aliphatic heterocycles. The van der Waals surface area contributed by atoms with Gasteiger partial charge in [0, 0.05) is 16.4 Å². The van der Waals surface area contributed by atoms with E-state index in [0.29, 0.717) is 10.5 Å². The molecule has 5 nitrogen and oxygen atoms in total. The van der Waals surface area contributed by atoms with E-state index in [4.69, 9.17) is 17.3 Å². The Balaban J connectivity index is 2.51. The van der Waals surface area contributed by atoms with Crippen molar-refractivity contribution < 1.29 is 17.2 Å². The normalized spacial score (nSPS) is 11.4. The topological polar surface area (TPSA) is 85.1 Å². The zero-order valence-electron chi connectivity index (χ0n) is 10.1. The van der Waals surface area contributed by atoms with Gasteiger partial charge in [0.15, 0.2) is 16.8 Å². The number of nitrogen functional groups attached to an aromatic ring is 1. The molecule has 0 aliphatic rings. The molecule has 0 radical (unpaired) electrons. The van der Waals surface area contributed by atoms with Gasteiger partial charge in [0.05, 0.1) is 5.69 Å². The maximum atomic E-state index is 13.7. The average molecular weight is 399 g/mol. The van der Waals surface area contributed by atoms with E-state index in [2.05, 4.69) is 20.9 Å². The first-order valence-electron chi connectivity index (χ1n) is 5.29. The number of hydrogen-bond acceptors (Lipinski definition) is 4. The summed E-state index contributed by atoms with van der Waals surface area (Å²) in [4.78, 5) is 2.79. The lowest BCUT2D eigenvalue weighted by Crippen LogP contribution is -2.16. The monoisotopic (exact) mass is 397 g/mol. The molecule has 0 unspecified atom stereocenters. The van der Waals surface area contributed by atoms with E-state index in [0.717, 1.165) is 6.07 Å². The second kappa shape index (κ2) is 5.74. The van der Waals surface area contributed by atoms with Crippen molar-refractivity contribution in [2.24, 2.45) is 0 Å².